The second kappa shape index (κ2) is 5.64. The molecule has 0 saturated heterocycles. The van der Waals surface area contributed by atoms with Crippen molar-refractivity contribution in [1.82, 2.24) is 0 Å². The second-order valence-electron chi connectivity index (χ2n) is 4.10. The van der Waals surface area contributed by atoms with Crippen LogP contribution in [0.5, 0.6) is 5.75 Å². The van der Waals surface area contributed by atoms with E-state index in [2.05, 4.69) is 0 Å². The quantitative estimate of drug-likeness (QED) is 0.755. The van der Waals surface area contributed by atoms with Crippen molar-refractivity contribution in [1.29, 1.82) is 0 Å². The van der Waals surface area contributed by atoms with Gasteiger partial charge in [0.2, 0.25) is 0 Å². The Kier molecular flexibility index (Phi) is 4.13. The molecule has 0 aliphatic rings. The second-order valence-corrected chi connectivity index (χ2v) is 4.91. The highest BCUT2D eigenvalue weighted by molar-refractivity contribution is 6.34. The van der Waals surface area contributed by atoms with E-state index in [4.69, 9.17) is 27.9 Å². The largest absolute Gasteiger partial charge is 0.495 e. The summed E-state index contributed by atoms with van der Waals surface area (Å²) in [6.45, 7) is 1.49. The number of rotatable bonds is 3. The molecule has 0 unspecified atom stereocenters. The third-order valence-corrected chi connectivity index (χ3v) is 3.46. The van der Waals surface area contributed by atoms with E-state index in [0.29, 0.717) is 21.4 Å². The Labute approximate surface area is 121 Å². The van der Waals surface area contributed by atoms with Crippen LogP contribution < -0.4 is 4.74 Å². The van der Waals surface area contributed by atoms with Crippen molar-refractivity contribution in [2.45, 2.75) is 6.92 Å². The molecule has 0 aliphatic carbocycles. The number of benzene rings is 2. The lowest BCUT2D eigenvalue weighted by atomic mass is 10.0. The molecule has 0 atom stereocenters. The highest BCUT2D eigenvalue weighted by Crippen LogP contribution is 2.32. The fourth-order valence-corrected chi connectivity index (χ4v) is 2.33. The van der Waals surface area contributed by atoms with E-state index in [1.807, 2.05) is 18.2 Å². The Balaban J connectivity index is 2.48. The normalized spacial score (nSPS) is 10.3. The summed E-state index contributed by atoms with van der Waals surface area (Å²) in [4.78, 5) is 11.3. The van der Waals surface area contributed by atoms with Gasteiger partial charge in [-0.3, -0.25) is 4.79 Å². The first-order chi connectivity index (χ1) is 9.02. The van der Waals surface area contributed by atoms with Gasteiger partial charge in [-0.2, -0.15) is 0 Å². The number of methoxy groups -OCH3 is 1. The maximum absolute atomic E-state index is 11.3. The van der Waals surface area contributed by atoms with Crippen molar-refractivity contribution in [2.75, 3.05) is 7.11 Å². The first kappa shape index (κ1) is 13.9. The van der Waals surface area contributed by atoms with E-state index in [1.165, 1.54) is 6.92 Å². The topological polar surface area (TPSA) is 26.3 Å². The molecule has 4 heteroatoms. The van der Waals surface area contributed by atoms with Crippen LogP contribution in [-0.2, 0) is 0 Å². The van der Waals surface area contributed by atoms with E-state index in [9.17, 15) is 4.79 Å². The average molecular weight is 295 g/mol. The van der Waals surface area contributed by atoms with Gasteiger partial charge in [-0.1, -0.05) is 35.3 Å². The monoisotopic (exact) mass is 294 g/mol. The van der Waals surface area contributed by atoms with Crippen LogP contribution in [0.4, 0.5) is 0 Å². The molecule has 2 aromatic rings. The van der Waals surface area contributed by atoms with Crippen molar-refractivity contribution in [2.24, 2.45) is 0 Å². The maximum atomic E-state index is 11.3. The van der Waals surface area contributed by atoms with Crippen molar-refractivity contribution < 1.29 is 9.53 Å². The van der Waals surface area contributed by atoms with Gasteiger partial charge < -0.3 is 4.74 Å². The molecular formula is C15H12Cl2O2. The minimum atomic E-state index is -0.0507. The van der Waals surface area contributed by atoms with Gasteiger partial charge >= 0.3 is 0 Å². The first-order valence-electron chi connectivity index (χ1n) is 5.67. The van der Waals surface area contributed by atoms with Gasteiger partial charge in [0.25, 0.3) is 0 Å². The summed E-state index contributed by atoms with van der Waals surface area (Å²) in [7, 11) is 1.57. The molecule has 19 heavy (non-hydrogen) atoms. The van der Waals surface area contributed by atoms with Crippen LogP contribution in [-0.4, -0.2) is 12.9 Å². The van der Waals surface area contributed by atoms with Gasteiger partial charge in [0.05, 0.1) is 17.2 Å². The molecule has 0 amide bonds. The molecule has 0 fully saturated rings. The Hall–Kier alpha value is -1.51. The lowest BCUT2D eigenvalue weighted by molar-refractivity contribution is 0.101. The van der Waals surface area contributed by atoms with Crippen LogP contribution >= 0.6 is 23.2 Å². The summed E-state index contributed by atoms with van der Waals surface area (Å²) in [5, 5.41) is 0.997. The number of carbonyl (C=O) groups excluding carboxylic acids is 1. The first-order valence-corrected chi connectivity index (χ1v) is 6.43. The summed E-state index contributed by atoms with van der Waals surface area (Å²) < 4.78 is 5.18. The number of Topliss-reactive ketones (excluding diaryl/α,β-unsaturated/α-hetero) is 1. The fourth-order valence-electron chi connectivity index (χ4n) is 1.82. The lowest BCUT2D eigenvalue weighted by Gasteiger charge is -2.08. The molecule has 0 spiro atoms. The van der Waals surface area contributed by atoms with Crippen LogP contribution in [0.2, 0.25) is 10.0 Å². The molecule has 2 nitrogen and oxygen atoms in total. The molecule has 0 heterocycles. The predicted octanol–water partition coefficient (Wildman–Crippen LogP) is 4.87. The molecule has 0 aromatic heterocycles. The van der Waals surface area contributed by atoms with Crippen molar-refractivity contribution in [3.8, 4) is 16.9 Å². The SMILES string of the molecule is COc1cc(-c2ccc(C(C)=O)c(Cl)c2)ccc1Cl. The average Bonchev–Trinajstić information content (AvgIpc) is 2.38. The molecule has 0 aliphatic heterocycles. The number of ether oxygens (including phenoxy) is 1. The van der Waals surface area contributed by atoms with Crippen LogP contribution in [0, 0.1) is 0 Å². The van der Waals surface area contributed by atoms with Gasteiger partial charge in [-0.05, 0) is 42.3 Å². The smallest absolute Gasteiger partial charge is 0.161 e. The number of hydrogen-bond acceptors (Lipinski definition) is 2. The summed E-state index contributed by atoms with van der Waals surface area (Å²) in [6, 6.07) is 10.8. The van der Waals surface area contributed by atoms with E-state index in [0.717, 1.165) is 11.1 Å². The van der Waals surface area contributed by atoms with E-state index in [1.54, 1.807) is 25.3 Å². The van der Waals surface area contributed by atoms with Crippen molar-refractivity contribution in [3.05, 3.63) is 52.0 Å². The van der Waals surface area contributed by atoms with Gasteiger partial charge in [-0.25, -0.2) is 0 Å². The molecule has 0 radical (unpaired) electrons. The molecule has 0 saturated carbocycles. The van der Waals surface area contributed by atoms with Crippen molar-refractivity contribution in [3.63, 3.8) is 0 Å². The summed E-state index contributed by atoms with van der Waals surface area (Å²) in [6.07, 6.45) is 0. The Morgan fingerprint density at radius 2 is 1.63 bits per heavy atom. The highest BCUT2D eigenvalue weighted by atomic mass is 35.5. The molecule has 0 N–H and O–H groups in total. The number of hydrogen-bond donors (Lipinski definition) is 0. The Morgan fingerprint density at radius 3 is 2.21 bits per heavy atom. The zero-order valence-corrected chi connectivity index (χ0v) is 12.0. The van der Waals surface area contributed by atoms with E-state index in [-0.39, 0.29) is 5.78 Å². The fraction of sp³-hybridized carbons (Fsp3) is 0.133. The highest BCUT2D eigenvalue weighted by Gasteiger charge is 2.09. The zero-order chi connectivity index (χ0) is 14.0. The lowest BCUT2D eigenvalue weighted by Crippen LogP contribution is -1.93. The number of carbonyl (C=O) groups is 1. The Bertz CT molecular complexity index is 636. The molecule has 2 rings (SSSR count). The zero-order valence-electron chi connectivity index (χ0n) is 10.5. The predicted molar refractivity (Wildman–Crippen MR) is 78.5 cm³/mol. The molecule has 0 bridgehead atoms. The van der Waals surface area contributed by atoms with Gasteiger partial charge in [0.1, 0.15) is 5.75 Å². The summed E-state index contributed by atoms with van der Waals surface area (Å²) >= 11 is 12.1. The van der Waals surface area contributed by atoms with Crippen LogP contribution in [0.15, 0.2) is 36.4 Å². The molecule has 98 valence electrons. The maximum Gasteiger partial charge on any atom is 0.161 e. The minimum Gasteiger partial charge on any atom is -0.495 e. The van der Waals surface area contributed by atoms with Crippen LogP contribution in [0.25, 0.3) is 11.1 Å². The van der Waals surface area contributed by atoms with Crippen LogP contribution in [0.3, 0.4) is 0 Å². The number of halogens is 2. The standard InChI is InChI=1S/C15H12Cl2O2/c1-9(18)12-5-3-10(7-14(12)17)11-4-6-13(16)15(8-11)19-2/h3-8H,1-2H3. The third kappa shape index (κ3) is 2.91. The van der Waals surface area contributed by atoms with E-state index >= 15 is 0 Å². The summed E-state index contributed by atoms with van der Waals surface area (Å²) in [5.41, 5.74) is 2.36. The minimum absolute atomic E-state index is 0.0507. The van der Waals surface area contributed by atoms with E-state index < -0.39 is 0 Å². The number of ketones is 1. The third-order valence-electron chi connectivity index (χ3n) is 2.83. The van der Waals surface area contributed by atoms with Gasteiger partial charge in [-0.15, -0.1) is 0 Å². The van der Waals surface area contributed by atoms with Crippen molar-refractivity contribution >= 4 is 29.0 Å². The van der Waals surface area contributed by atoms with Gasteiger partial charge in [0.15, 0.2) is 5.78 Å². The summed E-state index contributed by atoms with van der Waals surface area (Å²) in [5.74, 6) is 0.552. The Morgan fingerprint density at radius 1 is 1.00 bits per heavy atom. The molecular weight excluding hydrogens is 283 g/mol. The molecule has 2 aromatic carbocycles. The van der Waals surface area contributed by atoms with Crippen LogP contribution in [0.1, 0.15) is 17.3 Å². The van der Waals surface area contributed by atoms with Gasteiger partial charge in [0, 0.05) is 5.56 Å².